The number of imidazole rings is 1. The Bertz CT molecular complexity index is 1580. The van der Waals surface area contributed by atoms with Crippen molar-refractivity contribution < 1.29 is 0 Å². The first-order valence-electron chi connectivity index (χ1n) is 11.2. The Morgan fingerprint density at radius 3 is 2.49 bits per heavy atom. The maximum atomic E-state index is 12.4. The third kappa shape index (κ3) is 4.88. The molecule has 2 aromatic heterocycles. The van der Waals surface area contributed by atoms with Gasteiger partial charge in [0, 0.05) is 28.4 Å². The molecule has 172 valence electrons. The average molecular weight is 497 g/mol. The van der Waals surface area contributed by atoms with Gasteiger partial charge >= 0.3 is 5.69 Å². The number of nitriles is 1. The number of aryl methyl sites for hydroxylation is 1. The quantitative estimate of drug-likeness (QED) is 0.199. The average Bonchev–Trinajstić information content (AvgIpc) is 3.22. The van der Waals surface area contributed by atoms with E-state index in [2.05, 4.69) is 11.1 Å². The highest BCUT2D eigenvalue weighted by atomic mass is 35.5. The summed E-state index contributed by atoms with van der Waals surface area (Å²) in [5.41, 5.74) is 5.70. The van der Waals surface area contributed by atoms with E-state index in [4.69, 9.17) is 16.6 Å². The zero-order valence-corrected chi connectivity index (χ0v) is 20.3. The van der Waals surface area contributed by atoms with Crippen LogP contribution in [0.4, 0.5) is 0 Å². The minimum absolute atomic E-state index is 0.108. The lowest BCUT2D eigenvalue weighted by atomic mass is 9.99. The molecule has 0 spiro atoms. The number of aromatic nitrogens is 3. The molecule has 0 unspecified atom stereocenters. The molecule has 35 heavy (non-hydrogen) atoms. The van der Waals surface area contributed by atoms with Crippen LogP contribution in [0.3, 0.4) is 0 Å². The van der Waals surface area contributed by atoms with Gasteiger partial charge < -0.3 is 4.98 Å². The van der Waals surface area contributed by atoms with Gasteiger partial charge in [0.1, 0.15) is 11.1 Å². The molecule has 0 saturated heterocycles. The lowest BCUT2D eigenvalue weighted by molar-refractivity contribution is 0.679. The number of halogens is 1. The van der Waals surface area contributed by atoms with Gasteiger partial charge in [-0.15, -0.1) is 11.8 Å². The number of aromatic amines is 1. The number of benzene rings is 3. The van der Waals surface area contributed by atoms with Gasteiger partial charge in [-0.25, -0.2) is 9.78 Å². The standard InChI is InChI=1S/C28H21ClN4OS/c29-21-13-11-19(12-14-21)22-17-25(20-7-2-1-3-8-20)31-27(23(22)18-30)35-16-6-15-33-26-10-5-4-9-24(26)32-28(33)34/h1-5,7-14,17H,6,15-16H2,(H,32,34). The highest BCUT2D eigenvalue weighted by Crippen LogP contribution is 2.35. The molecule has 0 saturated carbocycles. The van der Waals surface area contributed by atoms with E-state index >= 15 is 0 Å². The molecule has 0 aliphatic heterocycles. The van der Waals surface area contributed by atoms with Gasteiger partial charge in [0.2, 0.25) is 0 Å². The molecule has 5 aromatic rings. The summed E-state index contributed by atoms with van der Waals surface area (Å²) in [6.45, 7) is 0.583. The summed E-state index contributed by atoms with van der Waals surface area (Å²) in [6.07, 6.45) is 0.755. The molecule has 2 heterocycles. The number of rotatable bonds is 7. The molecule has 5 nitrogen and oxygen atoms in total. The number of pyridine rings is 1. The van der Waals surface area contributed by atoms with Crippen LogP contribution in [0.2, 0.25) is 5.02 Å². The van der Waals surface area contributed by atoms with E-state index in [1.165, 1.54) is 0 Å². The topological polar surface area (TPSA) is 74.5 Å². The molecule has 7 heteroatoms. The van der Waals surface area contributed by atoms with Gasteiger partial charge in [0.05, 0.1) is 22.3 Å². The third-order valence-electron chi connectivity index (χ3n) is 5.77. The van der Waals surface area contributed by atoms with E-state index in [1.54, 1.807) is 16.3 Å². The first-order valence-corrected chi connectivity index (χ1v) is 12.6. The number of hydrogen-bond acceptors (Lipinski definition) is 4. The fourth-order valence-corrected chi connectivity index (χ4v) is 5.12. The van der Waals surface area contributed by atoms with Crippen LogP contribution in [0.25, 0.3) is 33.4 Å². The zero-order valence-electron chi connectivity index (χ0n) is 18.7. The van der Waals surface area contributed by atoms with Gasteiger partial charge in [0.25, 0.3) is 0 Å². The van der Waals surface area contributed by atoms with Crippen molar-refractivity contribution in [1.29, 1.82) is 5.26 Å². The predicted octanol–water partition coefficient (Wildman–Crippen LogP) is 6.77. The predicted molar refractivity (Wildman–Crippen MR) is 143 cm³/mol. The van der Waals surface area contributed by atoms with Gasteiger partial charge in [-0.1, -0.05) is 66.2 Å². The molecule has 3 aromatic carbocycles. The van der Waals surface area contributed by atoms with Crippen molar-refractivity contribution in [3.05, 3.63) is 106 Å². The van der Waals surface area contributed by atoms with E-state index in [1.807, 2.05) is 84.9 Å². The molecule has 0 atom stereocenters. The van der Waals surface area contributed by atoms with Gasteiger partial charge in [-0.3, -0.25) is 4.57 Å². The lowest BCUT2D eigenvalue weighted by Gasteiger charge is -2.13. The van der Waals surface area contributed by atoms with E-state index in [0.717, 1.165) is 39.8 Å². The molecule has 1 N–H and O–H groups in total. The maximum absolute atomic E-state index is 12.4. The first kappa shape index (κ1) is 23.0. The number of hydrogen-bond donors (Lipinski definition) is 1. The zero-order chi connectivity index (χ0) is 24.2. The van der Waals surface area contributed by atoms with Crippen molar-refractivity contribution in [2.75, 3.05) is 5.75 Å². The van der Waals surface area contributed by atoms with E-state index in [9.17, 15) is 10.1 Å². The number of para-hydroxylation sites is 2. The molecule has 0 aliphatic rings. The Morgan fingerprint density at radius 2 is 1.71 bits per heavy atom. The van der Waals surface area contributed by atoms with Crippen LogP contribution in [0, 0.1) is 11.3 Å². The second kappa shape index (κ2) is 10.2. The Labute approximate surface area is 212 Å². The van der Waals surface area contributed by atoms with Crippen molar-refractivity contribution in [3.63, 3.8) is 0 Å². The molecule has 0 aliphatic carbocycles. The molecule has 0 bridgehead atoms. The van der Waals surface area contributed by atoms with Crippen molar-refractivity contribution in [2.24, 2.45) is 0 Å². The third-order valence-corrected chi connectivity index (χ3v) is 7.08. The number of H-pyrrole nitrogens is 1. The lowest BCUT2D eigenvalue weighted by Crippen LogP contribution is -2.17. The molecule has 0 radical (unpaired) electrons. The molecular weight excluding hydrogens is 476 g/mol. The summed E-state index contributed by atoms with van der Waals surface area (Å²) in [5, 5.41) is 11.4. The highest BCUT2D eigenvalue weighted by molar-refractivity contribution is 7.99. The normalized spacial score (nSPS) is 11.0. The smallest absolute Gasteiger partial charge is 0.306 e. The minimum atomic E-state index is -0.108. The van der Waals surface area contributed by atoms with Crippen LogP contribution < -0.4 is 5.69 Å². The van der Waals surface area contributed by atoms with E-state index in [-0.39, 0.29) is 5.69 Å². The molecular formula is C28H21ClN4OS. The first-order chi connectivity index (χ1) is 17.1. The second-order valence-corrected chi connectivity index (χ2v) is 9.54. The number of thioether (sulfide) groups is 1. The summed E-state index contributed by atoms with van der Waals surface area (Å²) in [7, 11) is 0. The van der Waals surface area contributed by atoms with Gasteiger partial charge in [-0.05, 0) is 42.3 Å². The number of fused-ring (bicyclic) bond motifs is 1. The number of nitrogens with one attached hydrogen (secondary N) is 1. The van der Waals surface area contributed by atoms with E-state index < -0.39 is 0 Å². The number of nitrogens with zero attached hydrogens (tertiary/aromatic N) is 3. The summed E-state index contributed by atoms with van der Waals surface area (Å²) in [4.78, 5) is 20.1. The van der Waals surface area contributed by atoms with Crippen molar-refractivity contribution >= 4 is 34.4 Å². The summed E-state index contributed by atoms with van der Waals surface area (Å²) < 4.78 is 1.76. The van der Waals surface area contributed by atoms with Crippen LogP contribution in [0.1, 0.15) is 12.0 Å². The summed E-state index contributed by atoms with van der Waals surface area (Å²) in [5.74, 6) is 0.714. The minimum Gasteiger partial charge on any atom is -0.306 e. The van der Waals surface area contributed by atoms with Crippen molar-refractivity contribution in [2.45, 2.75) is 18.0 Å². The van der Waals surface area contributed by atoms with Gasteiger partial charge in [-0.2, -0.15) is 5.26 Å². The van der Waals surface area contributed by atoms with Crippen LogP contribution >= 0.6 is 23.4 Å². The fraction of sp³-hybridized carbons (Fsp3) is 0.107. The van der Waals surface area contributed by atoms with Crippen LogP contribution in [0.15, 0.2) is 94.7 Å². The van der Waals surface area contributed by atoms with Crippen molar-refractivity contribution in [3.8, 4) is 28.5 Å². The highest BCUT2D eigenvalue weighted by Gasteiger charge is 2.16. The summed E-state index contributed by atoms with van der Waals surface area (Å²) in [6, 6.07) is 29.4. The van der Waals surface area contributed by atoms with Gasteiger partial charge in [0.15, 0.2) is 0 Å². The maximum Gasteiger partial charge on any atom is 0.326 e. The largest absolute Gasteiger partial charge is 0.326 e. The van der Waals surface area contributed by atoms with Crippen LogP contribution in [-0.2, 0) is 6.54 Å². The molecule has 0 amide bonds. The Hall–Kier alpha value is -3.79. The van der Waals surface area contributed by atoms with Crippen molar-refractivity contribution in [1.82, 2.24) is 14.5 Å². The second-order valence-electron chi connectivity index (χ2n) is 8.02. The SMILES string of the molecule is N#Cc1c(-c2ccc(Cl)cc2)cc(-c2ccccc2)nc1SCCCn1c(=O)[nH]c2ccccc21. The van der Waals surface area contributed by atoms with Crippen LogP contribution in [-0.4, -0.2) is 20.3 Å². The Balaban J connectivity index is 1.44. The molecule has 5 rings (SSSR count). The molecule has 0 fully saturated rings. The monoisotopic (exact) mass is 496 g/mol. The fourth-order valence-electron chi connectivity index (χ4n) is 4.07. The van der Waals surface area contributed by atoms with E-state index in [0.29, 0.717) is 27.9 Å². The Morgan fingerprint density at radius 1 is 0.971 bits per heavy atom. The summed E-state index contributed by atoms with van der Waals surface area (Å²) >= 11 is 7.64. The van der Waals surface area contributed by atoms with Crippen LogP contribution in [0.5, 0.6) is 0 Å². The Kier molecular flexibility index (Phi) is 6.71.